The SMILES string of the molecule is CCC(CC)n1ccc(CN2CCOCC2C(=O)O)n1. The first-order valence-corrected chi connectivity index (χ1v) is 7.24. The minimum Gasteiger partial charge on any atom is -0.480 e. The molecule has 0 spiro atoms. The lowest BCUT2D eigenvalue weighted by atomic mass is 10.2. The first-order chi connectivity index (χ1) is 9.65. The van der Waals surface area contributed by atoms with Crippen molar-refractivity contribution in [3.05, 3.63) is 18.0 Å². The Morgan fingerprint density at radius 1 is 1.55 bits per heavy atom. The van der Waals surface area contributed by atoms with Gasteiger partial charge in [-0.25, -0.2) is 0 Å². The molecule has 2 heterocycles. The highest BCUT2D eigenvalue weighted by Gasteiger charge is 2.29. The van der Waals surface area contributed by atoms with Crippen molar-refractivity contribution in [1.29, 1.82) is 0 Å². The topological polar surface area (TPSA) is 67.6 Å². The number of aliphatic carboxylic acids is 1. The van der Waals surface area contributed by atoms with E-state index in [-0.39, 0.29) is 6.61 Å². The van der Waals surface area contributed by atoms with Gasteiger partial charge in [-0.3, -0.25) is 14.4 Å². The minimum atomic E-state index is -0.830. The van der Waals surface area contributed by atoms with Gasteiger partial charge in [0, 0.05) is 19.3 Å². The summed E-state index contributed by atoms with van der Waals surface area (Å²) in [6, 6.07) is 1.83. The van der Waals surface area contributed by atoms with Crippen molar-refractivity contribution in [2.45, 2.75) is 45.3 Å². The van der Waals surface area contributed by atoms with Crippen LogP contribution in [0.25, 0.3) is 0 Å². The maximum Gasteiger partial charge on any atom is 0.323 e. The Balaban J connectivity index is 2.03. The third-order valence-electron chi connectivity index (χ3n) is 3.87. The highest BCUT2D eigenvalue weighted by molar-refractivity contribution is 5.73. The second-order valence-corrected chi connectivity index (χ2v) is 5.16. The Morgan fingerprint density at radius 2 is 2.30 bits per heavy atom. The Kier molecular flexibility index (Phi) is 5.14. The summed E-state index contributed by atoms with van der Waals surface area (Å²) in [5.74, 6) is -0.830. The van der Waals surface area contributed by atoms with E-state index in [2.05, 4.69) is 18.9 Å². The zero-order chi connectivity index (χ0) is 14.5. The molecular weight excluding hydrogens is 258 g/mol. The van der Waals surface area contributed by atoms with Crippen molar-refractivity contribution in [3.63, 3.8) is 0 Å². The first kappa shape index (κ1) is 15.0. The zero-order valence-corrected chi connectivity index (χ0v) is 12.2. The van der Waals surface area contributed by atoms with Crippen molar-refractivity contribution >= 4 is 5.97 Å². The van der Waals surface area contributed by atoms with Gasteiger partial charge < -0.3 is 9.84 Å². The maximum atomic E-state index is 11.2. The number of aromatic nitrogens is 2. The Hall–Kier alpha value is -1.40. The monoisotopic (exact) mass is 281 g/mol. The molecule has 0 radical (unpaired) electrons. The predicted octanol–water partition coefficient (Wildman–Crippen LogP) is 1.53. The summed E-state index contributed by atoms with van der Waals surface area (Å²) in [7, 11) is 0. The largest absolute Gasteiger partial charge is 0.480 e. The normalized spacial score (nSPS) is 20.4. The van der Waals surface area contributed by atoms with Crippen LogP contribution in [-0.4, -0.2) is 51.6 Å². The van der Waals surface area contributed by atoms with Gasteiger partial charge in [-0.15, -0.1) is 0 Å². The first-order valence-electron chi connectivity index (χ1n) is 7.24. The van der Waals surface area contributed by atoms with Gasteiger partial charge in [0.25, 0.3) is 0 Å². The quantitative estimate of drug-likeness (QED) is 0.856. The fourth-order valence-corrected chi connectivity index (χ4v) is 2.59. The number of nitrogens with zero attached hydrogens (tertiary/aromatic N) is 3. The third kappa shape index (κ3) is 3.37. The molecule has 112 valence electrons. The van der Waals surface area contributed by atoms with Crippen molar-refractivity contribution in [2.75, 3.05) is 19.8 Å². The molecule has 6 heteroatoms. The van der Waals surface area contributed by atoms with Crippen molar-refractivity contribution in [3.8, 4) is 0 Å². The zero-order valence-electron chi connectivity index (χ0n) is 12.2. The van der Waals surface area contributed by atoms with Gasteiger partial charge in [-0.2, -0.15) is 5.10 Å². The van der Waals surface area contributed by atoms with Crippen LogP contribution in [0.1, 0.15) is 38.4 Å². The third-order valence-corrected chi connectivity index (χ3v) is 3.87. The van der Waals surface area contributed by atoms with E-state index in [4.69, 9.17) is 4.74 Å². The number of morpholine rings is 1. The summed E-state index contributed by atoms with van der Waals surface area (Å²) < 4.78 is 7.23. The van der Waals surface area contributed by atoms with Crippen LogP contribution in [0.15, 0.2) is 12.3 Å². The minimum absolute atomic E-state index is 0.253. The molecule has 2 rings (SSSR count). The molecule has 6 nitrogen and oxygen atoms in total. The molecule has 1 atom stereocenters. The summed E-state index contributed by atoms with van der Waals surface area (Å²) in [4.78, 5) is 13.1. The predicted molar refractivity (Wildman–Crippen MR) is 74.5 cm³/mol. The van der Waals surface area contributed by atoms with Crippen LogP contribution in [0.2, 0.25) is 0 Å². The second kappa shape index (κ2) is 6.85. The lowest BCUT2D eigenvalue weighted by Crippen LogP contribution is -2.49. The number of ether oxygens (including phenoxy) is 1. The van der Waals surface area contributed by atoms with Gasteiger partial charge in [0.15, 0.2) is 0 Å². The number of rotatable bonds is 6. The van der Waals surface area contributed by atoms with Gasteiger partial charge in [-0.05, 0) is 18.9 Å². The van der Waals surface area contributed by atoms with Crippen LogP contribution >= 0.6 is 0 Å². The van der Waals surface area contributed by atoms with Gasteiger partial charge in [0.05, 0.1) is 24.9 Å². The molecule has 20 heavy (non-hydrogen) atoms. The maximum absolute atomic E-state index is 11.2. The van der Waals surface area contributed by atoms with Crippen LogP contribution < -0.4 is 0 Å². The summed E-state index contributed by atoms with van der Waals surface area (Å²) in [6.45, 7) is 6.33. The highest BCUT2D eigenvalue weighted by Crippen LogP contribution is 2.16. The molecule has 0 aromatic carbocycles. The molecule has 1 aromatic heterocycles. The number of hydrogen-bond donors (Lipinski definition) is 1. The molecule has 0 amide bonds. The van der Waals surface area contributed by atoms with Crippen molar-refractivity contribution in [1.82, 2.24) is 14.7 Å². The summed E-state index contributed by atoms with van der Waals surface area (Å²) >= 11 is 0. The van der Waals surface area contributed by atoms with Crippen molar-refractivity contribution in [2.24, 2.45) is 0 Å². The number of carbonyl (C=O) groups is 1. The van der Waals surface area contributed by atoms with Gasteiger partial charge in [0.1, 0.15) is 6.04 Å². The second-order valence-electron chi connectivity index (χ2n) is 5.16. The van der Waals surface area contributed by atoms with E-state index in [1.54, 1.807) is 0 Å². The molecule has 0 aliphatic carbocycles. The van der Waals surface area contributed by atoms with Crippen molar-refractivity contribution < 1.29 is 14.6 Å². The Labute approximate surface area is 119 Å². The van der Waals surface area contributed by atoms with Crippen LogP contribution in [0.4, 0.5) is 0 Å². The highest BCUT2D eigenvalue weighted by atomic mass is 16.5. The molecule has 1 N–H and O–H groups in total. The summed E-state index contributed by atoms with van der Waals surface area (Å²) in [6.07, 6.45) is 4.09. The van der Waals surface area contributed by atoms with Gasteiger partial charge >= 0.3 is 5.97 Å². The molecule has 1 saturated heterocycles. The van der Waals surface area contributed by atoms with Crippen LogP contribution in [-0.2, 0) is 16.1 Å². The Bertz CT molecular complexity index is 443. The average Bonchev–Trinajstić information content (AvgIpc) is 2.89. The molecule has 0 saturated carbocycles. The smallest absolute Gasteiger partial charge is 0.323 e. The van der Waals surface area contributed by atoms with E-state index in [9.17, 15) is 9.90 Å². The van der Waals surface area contributed by atoms with E-state index < -0.39 is 12.0 Å². The Morgan fingerprint density at radius 3 is 2.95 bits per heavy atom. The van der Waals surface area contributed by atoms with E-state index in [0.29, 0.717) is 25.7 Å². The van der Waals surface area contributed by atoms with Gasteiger partial charge in [-0.1, -0.05) is 13.8 Å². The van der Waals surface area contributed by atoms with Crippen LogP contribution in [0.3, 0.4) is 0 Å². The number of carboxylic acid groups (broad SMARTS) is 1. The number of hydrogen-bond acceptors (Lipinski definition) is 4. The average molecular weight is 281 g/mol. The fourth-order valence-electron chi connectivity index (χ4n) is 2.59. The summed E-state index contributed by atoms with van der Waals surface area (Å²) in [5, 5.41) is 13.8. The molecule has 1 fully saturated rings. The number of carboxylic acids is 1. The van der Waals surface area contributed by atoms with E-state index in [0.717, 1.165) is 18.5 Å². The molecule has 1 aromatic rings. The molecule has 0 bridgehead atoms. The van der Waals surface area contributed by atoms with Crippen LogP contribution in [0.5, 0.6) is 0 Å². The van der Waals surface area contributed by atoms with E-state index >= 15 is 0 Å². The van der Waals surface area contributed by atoms with Crippen LogP contribution in [0, 0.1) is 0 Å². The molecule has 1 aliphatic heterocycles. The summed E-state index contributed by atoms with van der Waals surface area (Å²) in [5.41, 5.74) is 0.921. The molecular formula is C14H23N3O3. The lowest BCUT2D eigenvalue weighted by molar-refractivity contribution is -0.150. The van der Waals surface area contributed by atoms with Gasteiger partial charge in [0.2, 0.25) is 0 Å². The van der Waals surface area contributed by atoms with E-state index in [1.807, 2.05) is 21.8 Å². The molecule has 1 unspecified atom stereocenters. The fraction of sp³-hybridized carbons (Fsp3) is 0.714. The lowest BCUT2D eigenvalue weighted by Gasteiger charge is -2.32. The standard InChI is InChI=1S/C14H23N3O3/c1-3-12(4-2)17-6-5-11(15-17)9-16-7-8-20-10-13(16)14(18)19/h5-6,12-13H,3-4,7-10H2,1-2H3,(H,18,19). The molecule has 1 aliphatic rings. The van der Waals surface area contributed by atoms with E-state index in [1.165, 1.54) is 0 Å².